The molecule has 10 atom stereocenters. The molecule has 0 aliphatic heterocycles. The quantitative estimate of drug-likeness (QED) is 0.0720. The predicted octanol–water partition coefficient (Wildman–Crippen LogP) is 8.58. The third-order valence-corrected chi connectivity index (χ3v) is 15.3. The minimum absolute atomic E-state index is 0.0888. The van der Waals surface area contributed by atoms with Crippen LogP contribution in [-0.2, 0) is 6.54 Å². The highest BCUT2D eigenvalue weighted by Gasteiger charge is 2.62. The van der Waals surface area contributed by atoms with Gasteiger partial charge in [-0.1, -0.05) is 59.9 Å². The lowest BCUT2D eigenvalue weighted by atomic mass is 9.43. The molecular formula is C46H82N4O3. The molecule has 0 saturated heterocycles. The fourth-order valence-electron chi connectivity index (χ4n) is 12.3. The molecule has 5 N–H and O–H groups in total. The van der Waals surface area contributed by atoms with E-state index in [2.05, 4.69) is 62.0 Å². The van der Waals surface area contributed by atoms with Crippen molar-refractivity contribution in [3.8, 4) is 11.5 Å². The van der Waals surface area contributed by atoms with E-state index in [-0.39, 0.29) is 6.10 Å². The summed E-state index contributed by atoms with van der Waals surface area (Å²) in [6.45, 7) is 19.9. The summed E-state index contributed by atoms with van der Waals surface area (Å²) in [5.41, 5.74) is 2.07. The Kier molecular flexibility index (Phi) is 16.7. The van der Waals surface area contributed by atoms with Crippen molar-refractivity contribution in [2.75, 3.05) is 53.5 Å². The fraction of sp³-hybridized carbons (Fsp3) is 0.870. The first-order valence-corrected chi connectivity index (χ1v) is 22.3. The molecule has 1 aromatic rings. The van der Waals surface area contributed by atoms with Gasteiger partial charge in [0.25, 0.3) is 0 Å². The number of aliphatic hydroxyl groups is 1. The summed E-state index contributed by atoms with van der Waals surface area (Å²) in [5, 5.41) is 26.6. The second kappa shape index (κ2) is 20.7. The number of aliphatic hydroxyl groups excluding tert-OH is 1. The summed E-state index contributed by atoms with van der Waals surface area (Å²) >= 11 is 0. The number of nitrogens with one attached hydrogen (secondary N) is 4. The first-order chi connectivity index (χ1) is 25.6. The maximum Gasteiger partial charge on any atom is 0.161 e. The Morgan fingerprint density at radius 1 is 0.717 bits per heavy atom. The molecule has 0 amide bonds. The first kappa shape index (κ1) is 42.8. The van der Waals surface area contributed by atoms with E-state index in [0.717, 1.165) is 99.7 Å². The molecule has 304 valence electrons. The molecule has 4 saturated carbocycles. The Morgan fingerprint density at radius 2 is 1.38 bits per heavy atom. The smallest absolute Gasteiger partial charge is 0.161 e. The van der Waals surface area contributed by atoms with Gasteiger partial charge in [0.15, 0.2) is 11.5 Å². The van der Waals surface area contributed by atoms with Gasteiger partial charge in [-0.2, -0.15) is 0 Å². The number of hydrogen-bond donors (Lipinski definition) is 5. The highest BCUT2D eigenvalue weighted by molar-refractivity contribution is 5.42. The van der Waals surface area contributed by atoms with E-state index in [1.165, 1.54) is 89.0 Å². The van der Waals surface area contributed by atoms with Gasteiger partial charge < -0.3 is 35.8 Å². The standard InChI is InChI=1S/C46H82N4O3/c1-33(2)13-10-14-34(3)38-16-17-39-44-40(20-22-46(38,39)5)45(4)21-19-37(30-36(45)31-41(44)51)50-28-12-26-48-24-9-8-23-47-25-11-27-49-32-35-15-18-42(52-6)43(29-35)53-7/h15,18,29,33-34,36-41,44,47-51H,8-14,16-17,19-28,30-32H2,1-7H3/t34-,36-,37+,38+,39?,40?,41?,44?,45-,46+/m0/s1. The molecule has 0 aromatic heterocycles. The van der Waals surface area contributed by atoms with Gasteiger partial charge in [0.1, 0.15) is 0 Å². The zero-order valence-corrected chi connectivity index (χ0v) is 35.2. The average molecular weight is 739 g/mol. The summed E-state index contributed by atoms with van der Waals surface area (Å²) in [6.07, 6.45) is 19.3. The molecule has 4 unspecified atom stereocenters. The Morgan fingerprint density at radius 3 is 2.09 bits per heavy atom. The normalized spacial score (nSPS) is 33.0. The monoisotopic (exact) mass is 739 g/mol. The van der Waals surface area contributed by atoms with Crippen molar-refractivity contribution in [3.63, 3.8) is 0 Å². The van der Waals surface area contributed by atoms with Gasteiger partial charge in [0, 0.05) is 12.6 Å². The zero-order chi connectivity index (χ0) is 37.8. The number of ether oxygens (including phenoxy) is 2. The van der Waals surface area contributed by atoms with Gasteiger partial charge in [-0.25, -0.2) is 0 Å². The molecule has 0 radical (unpaired) electrons. The van der Waals surface area contributed by atoms with Crippen molar-refractivity contribution in [2.45, 2.75) is 150 Å². The highest BCUT2D eigenvalue weighted by atomic mass is 16.5. The van der Waals surface area contributed by atoms with Gasteiger partial charge in [0.05, 0.1) is 20.3 Å². The molecule has 53 heavy (non-hydrogen) atoms. The Bertz CT molecular complexity index is 1210. The van der Waals surface area contributed by atoms with Crippen molar-refractivity contribution in [1.29, 1.82) is 0 Å². The van der Waals surface area contributed by atoms with Gasteiger partial charge in [0.2, 0.25) is 0 Å². The number of hydrogen-bond acceptors (Lipinski definition) is 7. The largest absolute Gasteiger partial charge is 0.493 e. The van der Waals surface area contributed by atoms with Crippen LogP contribution >= 0.6 is 0 Å². The van der Waals surface area contributed by atoms with Gasteiger partial charge in [-0.3, -0.25) is 0 Å². The van der Waals surface area contributed by atoms with Gasteiger partial charge in [-0.15, -0.1) is 0 Å². The number of benzene rings is 1. The van der Waals surface area contributed by atoms with Crippen LogP contribution in [0.1, 0.15) is 136 Å². The lowest BCUT2D eigenvalue weighted by Gasteiger charge is -2.62. The van der Waals surface area contributed by atoms with E-state index in [4.69, 9.17) is 9.47 Å². The number of rotatable bonds is 23. The second-order valence-corrected chi connectivity index (χ2v) is 19.0. The van der Waals surface area contributed by atoms with Crippen LogP contribution in [0, 0.1) is 52.3 Å². The summed E-state index contributed by atoms with van der Waals surface area (Å²) in [7, 11) is 3.35. The summed E-state index contributed by atoms with van der Waals surface area (Å²) < 4.78 is 10.7. The van der Waals surface area contributed by atoms with Crippen LogP contribution in [0.5, 0.6) is 11.5 Å². The third-order valence-electron chi connectivity index (χ3n) is 15.3. The van der Waals surface area contributed by atoms with E-state index in [0.29, 0.717) is 28.7 Å². The summed E-state index contributed by atoms with van der Waals surface area (Å²) in [5.74, 6) is 6.74. The van der Waals surface area contributed by atoms with Crippen LogP contribution in [0.2, 0.25) is 0 Å². The number of unbranched alkanes of at least 4 members (excludes halogenated alkanes) is 1. The second-order valence-electron chi connectivity index (χ2n) is 19.0. The van der Waals surface area contributed by atoms with E-state index in [1.807, 2.05) is 12.1 Å². The zero-order valence-electron chi connectivity index (χ0n) is 35.2. The number of methoxy groups -OCH3 is 2. The van der Waals surface area contributed by atoms with Crippen LogP contribution in [0.3, 0.4) is 0 Å². The van der Waals surface area contributed by atoms with Crippen molar-refractivity contribution >= 4 is 0 Å². The highest BCUT2D eigenvalue weighted by Crippen LogP contribution is 2.68. The van der Waals surface area contributed by atoms with Crippen LogP contribution in [0.25, 0.3) is 0 Å². The van der Waals surface area contributed by atoms with E-state index in [9.17, 15) is 5.11 Å². The van der Waals surface area contributed by atoms with E-state index in [1.54, 1.807) is 14.2 Å². The Hall–Kier alpha value is -1.38. The molecule has 4 fully saturated rings. The molecule has 4 aliphatic rings. The molecule has 5 rings (SSSR count). The van der Waals surface area contributed by atoms with Crippen LogP contribution < -0.4 is 30.7 Å². The van der Waals surface area contributed by atoms with Crippen LogP contribution in [0.4, 0.5) is 0 Å². The molecular weight excluding hydrogens is 657 g/mol. The van der Waals surface area contributed by atoms with E-state index < -0.39 is 0 Å². The maximum absolute atomic E-state index is 11.9. The lowest BCUT2D eigenvalue weighted by Crippen LogP contribution is -2.59. The lowest BCUT2D eigenvalue weighted by molar-refractivity contribution is -0.167. The maximum atomic E-state index is 11.9. The molecule has 0 spiro atoms. The van der Waals surface area contributed by atoms with Crippen molar-refractivity contribution in [3.05, 3.63) is 23.8 Å². The van der Waals surface area contributed by atoms with Crippen molar-refractivity contribution in [2.24, 2.45) is 52.3 Å². The topological polar surface area (TPSA) is 86.8 Å². The molecule has 1 aromatic carbocycles. The molecule has 4 aliphatic carbocycles. The summed E-state index contributed by atoms with van der Waals surface area (Å²) in [4.78, 5) is 0. The van der Waals surface area contributed by atoms with Gasteiger partial charge >= 0.3 is 0 Å². The average Bonchev–Trinajstić information content (AvgIpc) is 3.50. The Labute approximate surface area is 325 Å². The van der Waals surface area contributed by atoms with Crippen LogP contribution in [-0.4, -0.2) is 70.7 Å². The van der Waals surface area contributed by atoms with Crippen molar-refractivity contribution in [1.82, 2.24) is 21.3 Å². The number of fused-ring (bicyclic) bond motifs is 5. The van der Waals surface area contributed by atoms with Gasteiger partial charge in [-0.05, 0) is 186 Å². The molecule has 0 bridgehead atoms. The van der Waals surface area contributed by atoms with E-state index >= 15 is 0 Å². The molecule has 7 nitrogen and oxygen atoms in total. The van der Waals surface area contributed by atoms with Crippen molar-refractivity contribution < 1.29 is 14.6 Å². The molecule has 0 heterocycles. The minimum atomic E-state index is -0.0888. The first-order valence-electron chi connectivity index (χ1n) is 22.3. The summed E-state index contributed by atoms with van der Waals surface area (Å²) in [6, 6.07) is 6.72. The molecule has 7 heteroatoms. The third kappa shape index (κ3) is 10.9. The predicted molar refractivity (Wildman–Crippen MR) is 222 cm³/mol. The SMILES string of the molecule is COc1ccc(CNCCCNCCCCNCCCN[C@@H]2CC[C@]3(C)C4CC[C@@]5(C)C(CC[C@@H]5[C@@H](C)CCCC(C)C)C4C(O)C[C@@H]3C2)cc1OC. The Balaban J connectivity index is 0.897. The minimum Gasteiger partial charge on any atom is -0.493 e. The fourth-order valence-corrected chi connectivity index (χ4v) is 12.3. The van der Waals surface area contributed by atoms with Crippen LogP contribution in [0.15, 0.2) is 18.2 Å².